The highest BCUT2D eigenvalue weighted by molar-refractivity contribution is 6.01. The van der Waals surface area contributed by atoms with Crippen LogP contribution in [0.1, 0.15) is 52.4 Å². The highest BCUT2D eigenvalue weighted by Crippen LogP contribution is 2.66. The Labute approximate surface area is 203 Å². The van der Waals surface area contributed by atoms with Crippen molar-refractivity contribution in [1.82, 2.24) is 0 Å². The van der Waals surface area contributed by atoms with E-state index in [9.17, 15) is 29.6 Å². The molecule has 4 aliphatic rings. The zero-order valence-electron chi connectivity index (χ0n) is 20.1. The predicted octanol–water partition coefficient (Wildman–Crippen LogP) is 3.20. The second-order valence-electron chi connectivity index (χ2n) is 10.7. The van der Waals surface area contributed by atoms with E-state index in [4.69, 9.17) is 9.47 Å². The number of rotatable bonds is 8. The summed E-state index contributed by atoms with van der Waals surface area (Å²) in [6.45, 7) is 3.47. The number of Topliss-reactive ketones (excluding diaryl/α,β-unsaturated/α-hetero) is 1. The Hall–Kier alpha value is -2.75. The van der Waals surface area contributed by atoms with Crippen LogP contribution in [0.5, 0.6) is 0 Å². The summed E-state index contributed by atoms with van der Waals surface area (Å²) < 4.78 is 9.84. The van der Waals surface area contributed by atoms with Gasteiger partial charge in [0.2, 0.25) is 0 Å². The molecule has 0 aliphatic heterocycles. The molecule has 0 aromatic carbocycles. The average Bonchev–Trinajstić information content (AvgIpc) is 3.13. The number of nitrogens with zero attached hydrogens (tertiary/aromatic N) is 1. The van der Waals surface area contributed by atoms with Gasteiger partial charge < -0.3 is 19.4 Å². The van der Waals surface area contributed by atoms with Crippen LogP contribution in [-0.2, 0) is 23.9 Å². The van der Waals surface area contributed by atoms with Crippen LogP contribution < -0.4 is 0 Å². The Morgan fingerprint density at radius 2 is 1.97 bits per heavy atom. The van der Waals surface area contributed by atoms with Gasteiger partial charge in [-0.2, -0.15) is 0 Å². The van der Waals surface area contributed by atoms with Crippen molar-refractivity contribution in [3.8, 4) is 0 Å². The van der Waals surface area contributed by atoms with E-state index in [0.717, 1.165) is 24.8 Å². The van der Waals surface area contributed by atoms with Crippen molar-refractivity contribution in [2.75, 3.05) is 19.8 Å². The molecule has 0 saturated heterocycles. The fourth-order valence-corrected chi connectivity index (χ4v) is 7.48. The Kier molecular flexibility index (Phi) is 7.04. The van der Waals surface area contributed by atoms with Gasteiger partial charge in [0.05, 0.1) is 19.3 Å². The lowest BCUT2D eigenvalue weighted by molar-refractivity contribution is -0.757. The minimum Gasteiger partial charge on any atom is -0.434 e. The lowest BCUT2D eigenvalue weighted by atomic mass is 9.46. The van der Waals surface area contributed by atoms with Crippen molar-refractivity contribution in [2.45, 2.75) is 58.5 Å². The van der Waals surface area contributed by atoms with Crippen LogP contribution in [0.15, 0.2) is 23.8 Å². The smallest absolute Gasteiger partial charge is 0.434 e. The number of carbonyl (C=O) groups excluding carboxylic acids is 3. The standard InChI is InChI=1S/C25H33NO9/c1-24-9-8-16(27)12-15(24)4-5-17-18-6-7-19(25(18,2)13-20(28)22(17)24)21(29)14-34-23(30)33-10-3-11-35-26(31)32/h8-9,12,17-20,22,28H,3-7,10-11,13-14H2,1-2H3. The second kappa shape index (κ2) is 9.72. The molecule has 0 heterocycles. The Morgan fingerprint density at radius 1 is 1.20 bits per heavy atom. The summed E-state index contributed by atoms with van der Waals surface area (Å²) in [5.74, 6) is 0.0135. The number of aliphatic hydroxyl groups is 1. The van der Waals surface area contributed by atoms with Gasteiger partial charge in [0.25, 0.3) is 5.09 Å². The molecule has 4 aliphatic carbocycles. The number of aliphatic hydroxyl groups excluding tert-OH is 1. The number of carbonyl (C=O) groups is 3. The third-order valence-corrected chi connectivity index (χ3v) is 8.92. The molecular formula is C25H33NO9. The largest absolute Gasteiger partial charge is 0.508 e. The van der Waals surface area contributed by atoms with Gasteiger partial charge in [0.1, 0.15) is 0 Å². The Balaban J connectivity index is 1.36. The van der Waals surface area contributed by atoms with E-state index in [-0.39, 0.29) is 60.3 Å². The topological polar surface area (TPSA) is 142 Å². The number of hydrogen-bond acceptors (Lipinski definition) is 9. The quantitative estimate of drug-likeness (QED) is 0.234. The average molecular weight is 492 g/mol. The van der Waals surface area contributed by atoms with Crippen LogP contribution in [0.2, 0.25) is 0 Å². The fourth-order valence-electron chi connectivity index (χ4n) is 7.48. The zero-order chi connectivity index (χ0) is 25.4. The molecule has 0 amide bonds. The first-order chi connectivity index (χ1) is 16.6. The molecule has 35 heavy (non-hydrogen) atoms. The van der Waals surface area contributed by atoms with Gasteiger partial charge in [-0.05, 0) is 61.5 Å². The van der Waals surface area contributed by atoms with Gasteiger partial charge in [0, 0.05) is 23.7 Å². The van der Waals surface area contributed by atoms with Crippen LogP contribution in [-0.4, -0.2) is 53.8 Å². The maximum absolute atomic E-state index is 13.1. The van der Waals surface area contributed by atoms with Crippen molar-refractivity contribution < 1.29 is 38.9 Å². The first kappa shape index (κ1) is 25.3. The van der Waals surface area contributed by atoms with Crippen molar-refractivity contribution in [2.24, 2.45) is 34.5 Å². The van der Waals surface area contributed by atoms with E-state index in [1.54, 1.807) is 12.2 Å². The summed E-state index contributed by atoms with van der Waals surface area (Å²) in [5.41, 5.74) is 0.352. The van der Waals surface area contributed by atoms with E-state index in [1.165, 1.54) is 0 Å². The fraction of sp³-hybridized carbons (Fsp3) is 0.720. The summed E-state index contributed by atoms with van der Waals surface area (Å²) in [5, 5.41) is 20.5. The molecule has 3 fully saturated rings. The summed E-state index contributed by atoms with van der Waals surface area (Å²) in [6, 6.07) is 0. The first-order valence-corrected chi connectivity index (χ1v) is 12.3. The summed E-state index contributed by atoms with van der Waals surface area (Å²) >= 11 is 0. The normalized spacial score (nSPS) is 37.4. The molecule has 0 aromatic heterocycles. The lowest BCUT2D eigenvalue weighted by Gasteiger charge is -2.58. The number of ether oxygens (including phenoxy) is 2. The number of ketones is 2. The molecule has 192 valence electrons. The van der Waals surface area contributed by atoms with Crippen LogP contribution in [0.3, 0.4) is 0 Å². The number of allylic oxidation sites excluding steroid dienone is 4. The van der Waals surface area contributed by atoms with Gasteiger partial charge in [0.15, 0.2) is 18.2 Å². The Morgan fingerprint density at radius 3 is 2.71 bits per heavy atom. The first-order valence-electron chi connectivity index (χ1n) is 12.3. The number of hydrogen-bond donors (Lipinski definition) is 1. The van der Waals surface area contributed by atoms with Gasteiger partial charge in [-0.25, -0.2) is 4.79 Å². The third-order valence-electron chi connectivity index (χ3n) is 8.92. The van der Waals surface area contributed by atoms with Crippen LogP contribution in [0.4, 0.5) is 4.79 Å². The minimum absolute atomic E-state index is 0.000938. The van der Waals surface area contributed by atoms with Crippen LogP contribution >= 0.6 is 0 Å². The summed E-state index contributed by atoms with van der Waals surface area (Å²) in [6.07, 6.45) is 7.57. The monoisotopic (exact) mass is 491 g/mol. The molecule has 0 spiro atoms. The van der Waals surface area contributed by atoms with Crippen molar-refractivity contribution in [1.29, 1.82) is 0 Å². The van der Waals surface area contributed by atoms with E-state index < -0.39 is 29.4 Å². The van der Waals surface area contributed by atoms with Crippen LogP contribution in [0, 0.1) is 44.6 Å². The van der Waals surface area contributed by atoms with Crippen LogP contribution in [0.25, 0.3) is 0 Å². The molecule has 0 aromatic rings. The highest BCUT2D eigenvalue weighted by Gasteiger charge is 2.62. The molecule has 7 unspecified atom stereocenters. The summed E-state index contributed by atoms with van der Waals surface area (Å²) in [7, 11) is 0. The van der Waals surface area contributed by atoms with Gasteiger partial charge in [-0.15, -0.1) is 10.1 Å². The van der Waals surface area contributed by atoms with E-state index in [0.29, 0.717) is 12.8 Å². The molecule has 10 heteroatoms. The molecule has 0 radical (unpaired) electrons. The number of fused-ring (bicyclic) bond motifs is 5. The minimum atomic E-state index is -0.999. The molecule has 10 nitrogen and oxygen atoms in total. The van der Waals surface area contributed by atoms with Gasteiger partial charge in [-0.1, -0.05) is 25.5 Å². The lowest BCUT2D eigenvalue weighted by Crippen LogP contribution is -2.56. The second-order valence-corrected chi connectivity index (χ2v) is 10.7. The molecule has 3 saturated carbocycles. The molecule has 7 atom stereocenters. The zero-order valence-corrected chi connectivity index (χ0v) is 20.1. The maximum Gasteiger partial charge on any atom is 0.508 e. The molecule has 1 N–H and O–H groups in total. The van der Waals surface area contributed by atoms with E-state index in [2.05, 4.69) is 18.7 Å². The van der Waals surface area contributed by atoms with Crippen molar-refractivity contribution >= 4 is 17.7 Å². The third kappa shape index (κ3) is 4.72. The van der Waals surface area contributed by atoms with E-state index in [1.807, 2.05) is 6.08 Å². The van der Waals surface area contributed by atoms with Gasteiger partial charge >= 0.3 is 6.16 Å². The van der Waals surface area contributed by atoms with Crippen molar-refractivity contribution in [3.63, 3.8) is 0 Å². The highest BCUT2D eigenvalue weighted by atomic mass is 16.9. The molecular weight excluding hydrogens is 458 g/mol. The maximum atomic E-state index is 13.1. The van der Waals surface area contributed by atoms with E-state index >= 15 is 0 Å². The van der Waals surface area contributed by atoms with Gasteiger partial charge in [-0.3, -0.25) is 9.59 Å². The predicted molar refractivity (Wildman–Crippen MR) is 121 cm³/mol. The Bertz CT molecular complexity index is 959. The molecule has 0 bridgehead atoms. The van der Waals surface area contributed by atoms with Crippen molar-refractivity contribution in [3.05, 3.63) is 33.9 Å². The SMILES string of the molecule is CC12C=CC(=O)C=C1CCC1C2C(O)CC2(C)C(C(=O)COC(=O)OCCCO[N+](=O)[O-])CCC12. The summed E-state index contributed by atoms with van der Waals surface area (Å²) in [4.78, 5) is 51.1. The molecule has 4 rings (SSSR count).